The van der Waals surface area contributed by atoms with E-state index in [0.29, 0.717) is 25.3 Å². The van der Waals surface area contributed by atoms with Crippen LogP contribution in [0.4, 0.5) is 8.78 Å². The number of halogens is 2. The van der Waals surface area contributed by atoms with Gasteiger partial charge in [-0.15, -0.1) is 0 Å². The second kappa shape index (κ2) is 8.75. The highest BCUT2D eigenvalue weighted by molar-refractivity contribution is 5.94. The molecule has 0 aromatic heterocycles. The first kappa shape index (κ1) is 21.3. The van der Waals surface area contributed by atoms with Crippen LogP contribution in [0.15, 0.2) is 59.7 Å². The van der Waals surface area contributed by atoms with Crippen LogP contribution in [0.2, 0.25) is 0 Å². The summed E-state index contributed by atoms with van der Waals surface area (Å²) in [4.78, 5) is 17.1. The fraction of sp³-hybridized carbons (Fsp3) is 0.423. The number of benzene rings is 2. The third-order valence-corrected chi connectivity index (χ3v) is 7.14. The summed E-state index contributed by atoms with van der Waals surface area (Å²) in [5, 5.41) is 0. The maximum absolute atomic E-state index is 14.3. The van der Waals surface area contributed by atoms with Crippen molar-refractivity contribution in [2.75, 3.05) is 32.8 Å². The van der Waals surface area contributed by atoms with Crippen LogP contribution < -0.4 is 0 Å². The molecule has 0 N–H and O–H groups in total. The van der Waals surface area contributed by atoms with Gasteiger partial charge in [0.1, 0.15) is 11.6 Å². The quantitative estimate of drug-likeness (QED) is 0.655. The Hall–Kier alpha value is -2.57. The fourth-order valence-electron chi connectivity index (χ4n) is 5.38. The maximum atomic E-state index is 14.3. The zero-order valence-electron chi connectivity index (χ0n) is 18.3. The van der Waals surface area contributed by atoms with E-state index in [-0.39, 0.29) is 17.9 Å². The number of amides is 1. The SMILES string of the molecule is CC[C@H]1C[C@@H](N2CC3=C(CN(C(=O)c4ccccc4)C3)C2)CO[C@@H]1c1cc(F)ccc1F. The summed E-state index contributed by atoms with van der Waals surface area (Å²) in [6.07, 6.45) is 1.33. The highest BCUT2D eigenvalue weighted by atomic mass is 19.1. The monoisotopic (exact) mass is 438 g/mol. The highest BCUT2D eigenvalue weighted by Crippen LogP contribution is 2.40. The predicted molar refractivity (Wildman–Crippen MR) is 118 cm³/mol. The van der Waals surface area contributed by atoms with Gasteiger partial charge in [0.15, 0.2) is 0 Å². The number of rotatable bonds is 4. The van der Waals surface area contributed by atoms with E-state index >= 15 is 0 Å². The number of carbonyl (C=O) groups is 1. The zero-order valence-corrected chi connectivity index (χ0v) is 18.3. The second-order valence-electron chi connectivity index (χ2n) is 9.12. The molecule has 2 aromatic carbocycles. The van der Waals surface area contributed by atoms with Crippen molar-refractivity contribution in [1.29, 1.82) is 0 Å². The average Bonchev–Trinajstić information content (AvgIpc) is 3.40. The third-order valence-electron chi connectivity index (χ3n) is 7.14. The van der Waals surface area contributed by atoms with E-state index in [4.69, 9.17) is 4.74 Å². The summed E-state index contributed by atoms with van der Waals surface area (Å²) in [5.41, 5.74) is 3.72. The molecule has 0 bridgehead atoms. The maximum Gasteiger partial charge on any atom is 0.254 e. The Kier molecular flexibility index (Phi) is 5.82. The minimum Gasteiger partial charge on any atom is -0.372 e. The van der Waals surface area contributed by atoms with E-state index < -0.39 is 17.7 Å². The Balaban J connectivity index is 1.21. The smallest absolute Gasteiger partial charge is 0.254 e. The number of hydrogen-bond acceptors (Lipinski definition) is 3. The lowest BCUT2D eigenvalue weighted by Crippen LogP contribution is -2.45. The molecule has 1 saturated heterocycles. The van der Waals surface area contributed by atoms with E-state index in [9.17, 15) is 13.6 Å². The number of carbonyl (C=O) groups excluding carboxylic acids is 1. The second-order valence-corrected chi connectivity index (χ2v) is 9.12. The number of ether oxygens (including phenoxy) is 1. The molecule has 1 amide bonds. The molecule has 0 radical (unpaired) electrons. The van der Waals surface area contributed by atoms with Crippen LogP contribution in [0.5, 0.6) is 0 Å². The molecule has 3 atom stereocenters. The van der Waals surface area contributed by atoms with Gasteiger partial charge in [0.05, 0.1) is 12.7 Å². The molecule has 5 rings (SSSR count). The van der Waals surface area contributed by atoms with Gasteiger partial charge in [-0.25, -0.2) is 8.78 Å². The highest BCUT2D eigenvalue weighted by Gasteiger charge is 2.40. The van der Waals surface area contributed by atoms with Crippen LogP contribution >= 0.6 is 0 Å². The van der Waals surface area contributed by atoms with Crippen LogP contribution in [0.25, 0.3) is 0 Å². The van der Waals surface area contributed by atoms with Crippen LogP contribution in [0, 0.1) is 17.6 Å². The summed E-state index contributed by atoms with van der Waals surface area (Å²) in [7, 11) is 0. The minimum atomic E-state index is -0.434. The molecule has 3 aliphatic rings. The number of nitrogens with zero attached hydrogens (tertiary/aromatic N) is 2. The van der Waals surface area contributed by atoms with Gasteiger partial charge < -0.3 is 9.64 Å². The molecular weight excluding hydrogens is 410 g/mol. The standard InChI is InChI=1S/C26H28F2N2O2/c1-2-17-10-22(16-32-25(17)23-11-21(27)8-9-24(23)28)29-12-19-14-30(15-20(19)13-29)26(31)18-6-4-3-5-7-18/h3-9,11,17,22,25H,2,10,12-16H2,1H3/t17-,22+,25-/m0/s1. The summed E-state index contributed by atoms with van der Waals surface area (Å²) >= 11 is 0. The summed E-state index contributed by atoms with van der Waals surface area (Å²) in [5.74, 6) is -0.620. The third kappa shape index (κ3) is 3.97. The van der Waals surface area contributed by atoms with Crippen molar-refractivity contribution in [2.24, 2.45) is 5.92 Å². The Labute approximate surface area is 187 Å². The molecule has 168 valence electrons. The topological polar surface area (TPSA) is 32.8 Å². The minimum absolute atomic E-state index is 0.0820. The molecule has 0 spiro atoms. The van der Waals surface area contributed by atoms with Crippen molar-refractivity contribution < 1.29 is 18.3 Å². The van der Waals surface area contributed by atoms with Crippen LogP contribution in [0.3, 0.4) is 0 Å². The first-order valence-electron chi connectivity index (χ1n) is 11.4. The Morgan fingerprint density at radius 1 is 1.03 bits per heavy atom. The Bertz CT molecular complexity index is 1020. The van der Waals surface area contributed by atoms with Gasteiger partial charge in [0.2, 0.25) is 0 Å². The van der Waals surface area contributed by atoms with Crippen molar-refractivity contribution in [3.05, 3.63) is 82.4 Å². The zero-order chi connectivity index (χ0) is 22.2. The lowest BCUT2D eigenvalue weighted by Gasteiger charge is -2.40. The molecule has 3 aliphatic heterocycles. The van der Waals surface area contributed by atoms with Crippen molar-refractivity contribution in [3.8, 4) is 0 Å². The largest absolute Gasteiger partial charge is 0.372 e. The van der Waals surface area contributed by atoms with Gasteiger partial charge in [0, 0.05) is 43.3 Å². The lowest BCUT2D eigenvalue weighted by molar-refractivity contribution is -0.0726. The molecule has 0 aliphatic carbocycles. The van der Waals surface area contributed by atoms with Crippen LogP contribution in [0.1, 0.15) is 41.8 Å². The molecule has 6 heteroatoms. The van der Waals surface area contributed by atoms with Crippen molar-refractivity contribution in [3.63, 3.8) is 0 Å². The van der Waals surface area contributed by atoms with Gasteiger partial charge in [-0.05, 0) is 53.8 Å². The van der Waals surface area contributed by atoms with E-state index in [2.05, 4.69) is 11.8 Å². The van der Waals surface area contributed by atoms with Gasteiger partial charge >= 0.3 is 0 Å². The van der Waals surface area contributed by atoms with Crippen molar-refractivity contribution in [1.82, 2.24) is 9.80 Å². The molecule has 0 unspecified atom stereocenters. The van der Waals surface area contributed by atoms with E-state index in [1.807, 2.05) is 35.2 Å². The van der Waals surface area contributed by atoms with E-state index in [1.165, 1.54) is 23.3 Å². The molecule has 3 heterocycles. The van der Waals surface area contributed by atoms with Gasteiger partial charge in [-0.2, -0.15) is 0 Å². The normalized spacial score (nSPS) is 26.0. The van der Waals surface area contributed by atoms with Gasteiger partial charge in [-0.3, -0.25) is 9.69 Å². The molecule has 2 aromatic rings. The average molecular weight is 439 g/mol. The molecular formula is C26H28F2N2O2. The Morgan fingerprint density at radius 2 is 1.75 bits per heavy atom. The summed E-state index contributed by atoms with van der Waals surface area (Å²) in [6, 6.07) is 13.3. The molecule has 0 saturated carbocycles. The molecule has 4 nitrogen and oxygen atoms in total. The van der Waals surface area contributed by atoms with Crippen molar-refractivity contribution in [2.45, 2.75) is 31.9 Å². The fourth-order valence-corrected chi connectivity index (χ4v) is 5.38. The van der Waals surface area contributed by atoms with Gasteiger partial charge in [-0.1, -0.05) is 31.5 Å². The van der Waals surface area contributed by atoms with Gasteiger partial charge in [0.25, 0.3) is 5.91 Å². The molecule has 32 heavy (non-hydrogen) atoms. The van der Waals surface area contributed by atoms with Crippen molar-refractivity contribution >= 4 is 5.91 Å². The van der Waals surface area contributed by atoms with Crippen LogP contribution in [-0.4, -0.2) is 54.5 Å². The first-order chi connectivity index (χ1) is 15.5. The molecule has 1 fully saturated rings. The number of hydrogen-bond donors (Lipinski definition) is 0. The van der Waals surface area contributed by atoms with E-state index in [0.717, 1.165) is 37.6 Å². The van der Waals surface area contributed by atoms with E-state index in [1.54, 1.807) is 0 Å². The summed E-state index contributed by atoms with van der Waals surface area (Å²) < 4.78 is 34.2. The summed E-state index contributed by atoms with van der Waals surface area (Å²) in [6.45, 7) is 5.64. The first-order valence-corrected chi connectivity index (χ1v) is 11.4. The Morgan fingerprint density at radius 3 is 2.44 bits per heavy atom. The lowest BCUT2D eigenvalue weighted by atomic mass is 9.85. The van der Waals surface area contributed by atoms with Crippen LogP contribution in [-0.2, 0) is 4.74 Å². The predicted octanol–water partition coefficient (Wildman–Crippen LogP) is 4.59.